The van der Waals surface area contributed by atoms with Gasteiger partial charge in [0.1, 0.15) is 0 Å². The molecule has 1 spiro atoms. The molecule has 3 aliphatic rings. The number of hydrogen-bond acceptors (Lipinski definition) is 5. The summed E-state index contributed by atoms with van der Waals surface area (Å²) >= 11 is 2.05. The molecule has 2 fully saturated rings. The van der Waals surface area contributed by atoms with Gasteiger partial charge < -0.3 is 14.4 Å². The minimum absolute atomic E-state index is 0.0738. The number of thioether (sulfide) groups is 1. The fourth-order valence-electron chi connectivity index (χ4n) is 4.59. The van der Waals surface area contributed by atoms with Gasteiger partial charge in [0.2, 0.25) is 0 Å². The van der Waals surface area contributed by atoms with Crippen molar-refractivity contribution in [1.29, 1.82) is 0 Å². The van der Waals surface area contributed by atoms with E-state index in [0.717, 1.165) is 37.4 Å². The van der Waals surface area contributed by atoms with E-state index in [4.69, 9.17) is 9.47 Å². The summed E-state index contributed by atoms with van der Waals surface area (Å²) in [6, 6.07) is 6.94. The van der Waals surface area contributed by atoms with E-state index in [2.05, 4.69) is 53.3 Å². The van der Waals surface area contributed by atoms with Crippen LogP contribution in [0.1, 0.15) is 18.4 Å². The Labute approximate surface area is 148 Å². The first kappa shape index (κ1) is 16.3. The molecule has 1 N–H and O–H groups in total. The van der Waals surface area contributed by atoms with Crippen LogP contribution >= 0.6 is 11.8 Å². The first-order chi connectivity index (χ1) is 11.6. The lowest BCUT2D eigenvalue weighted by Gasteiger charge is -2.44. The highest BCUT2D eigenvalue weighted by molar-refractivity contribution is 8.01. The number of likely N-dealkylation sites (tertiary alicyclic amines) is 1. The van der Waals surface area contributed by atoms with Crippen LogP contribution in [-0.4, -0.2) is 55.9 Å². The molecule has 0 radical (unpaired) electrons. The van der Waals surface area contributed by atoms with E-state index in [1.165, 1.54) is 11.3 Å². The maximum absolute atomic E-state index is 5.55. The van der Waals surface area contributed by atoms with Gasteiger partial charge in [-0.3, -0.25) is 5.32 Å². The van der Waals surface area contributed by atoms with Gasteiger partial charge in [-0.25, -0.2) is 0 Å². The Bertz CT molecular complexity index is 657. The van der Waals surface area contributed by atoms with Crippen molar-refractivity contribution in [3.8, 4) is 11.5 Å². The Morgan fingerprint density at radius 1 is 1.21 bits per heavy atom. The zero-order valence-corrected chi connectivity index (χ0v) is 15.5. The van der Waals surface area contributed by atoms with Gasteiger partial charge >= 0.3 is 0 Å². The molecule has 4 rings (SSSR count). The molecule has 2 heterocycles. The molecular formula is C19H26N2O2S. The molecule has 3 unspecified atom stereocenters. The molecule has 2 saturated heterocycles. The number of methoxy groups -OCH3 is 2. The molecule has 2 aliphatic heterocycles. The highest BCUT2D eigenvalue weighted by atomic mass is 32.2. The van der Waals surface area contributed by atoms with Crippen molar-refractivity contribution in [2.75, 3.05) is 40.1 Å². The van der Waals surface area contributed by atoms with Crippen LogP contribution in [0.25, 0.3) is 0 Å². The number of likely N-dealkylation sites (N-methyl/N-ethyl adjacent to an activating group) is 1. The molecule has 24 heavy (non-hydrogen) atoms. The predicted molar refractivity (Wildman–Crippen MR) is 99.2 cm³/mol. The number of ether oxygens (including phenoxy) is 2. The highest BCUT2D eigenvalue weighted by Crippen LogP contribution is 2.51. The van der Waals surface area contributed by atoms with Crippen LogP contribution in [-0.2, 0) is 5.41 Å². The monoisotopic (exact) mass is 346 g/mol. The Balaban J connectivity index is 1.77. The van der Waals surface area contributed by atoms with Gasteiger partial charge in [0.15, 0.2) is 11.5 Å². The van der Waals surface area contributed by atoms with Gasteiger partial charge in [0.25, 0.3) is 0 Å². The van der Waals surface area contributed by atoms with Crippen molar-refractivity contribution >= 4 is 11.8 Å². The number of rotatable bonds is 3. The summed E-state index contributed by atoms with van der Waals surface area (Å²) in [6.07, 6.45) is 7.20. The lowest BCUT2D eigenvalue weighted by molar-refractivity contribution is 0.225. The number of nitrogens with one attached hydrogen (secondary N) is 1. The van der Waals surface area contributed by atoms with Crippen LogP contribution in [0.2, 0.25) is 0 Å². The average Bonchev–Trinajstić information content (AvgIpc) is 3.21. The number of hydrogen-bond donors (Lipinski definition) is 1. The third-order valence-electron chi connectivity index (χ3n) is 5.96. The summed E-state index contributed by atoms with van der Waals surface area (Å²) in [7, 11) is 5.66. The van der Waals surface area contributed by atoms with E-state index in [9.17, 15) is 0 Å². The van der Waals surface area contributed by atoms with Crippen LogP contribution < -0.4 is 14.8 Å². The smallest absolute Gasteiger partial charge is 0.161 e. The first-order valence-corrected chi connectivity index (χ1v) is 9.63. The van der Waals surface area contributed by atoms with Crippen LogP contribution in [0.15, 0.2) is 30.4 Å². The van der Waals surface area contributed by atoms with E-state index in [0.29, 0.717) is 6.04 Å². The van der Waals surface area contributed by atoms with E-state index in [1.807, 2.05) is 6.07 Å². The summed E-state index contributed by atoms with van der Waals surface area (Å²) in [5.74, 6) is 2.81. The van der Waals surface area contributed by atoms with E-state index < -0.39 is 0 Å². The second-order valence-corrected chi connectivity index (χ2v) is 8.48. The standard InChI is InChI=1S/C19H26N2O2S/c1-21-10-8-18(14-4-5-15(22-2)16(12-14)23-3)6-7-19(13-17(18)21)20-9-11-24-19/h4-7,12,17,20H,8-11,13H2,1-3H3. The topological polar surface area (TPSA) is 33.7 Å². The fourth-order valence-corrected chi connectivity index (χ4v) is 5.80. The average molecular weight is 346 g/mol. The van der Waals surface area contributed by atoms with Gasteiger partial charge in [0.05, 0.1) is 19.1 Å². The largest absolute Gasteiger partial charge is 0.493 e. The van der Waals surface area contributed by atoms with Crippen molar-refractivity contribution in [1.82, 2.24) is 10.2 Å². The number of benzene rings is 1. The van der Waals surface area contributed by atoms with Gasteiger partial charge in [-0.15, -0.1) is 11.8 Å². The predicted octanol–water partition coefficient (Wildman–Crippen LogP) is 2.64. The van der Waals surface area contributed by atoms with Gasteiger partial charge in [0, 0.05) is 23.8 Å². The molecule has 0 bridgehead atoms. The van der Waals surface area contributed by atoms with Crippen LogP contribution in [0.3, 0.4) is 0 Å². The minimum Gasteiger partial charge on any atom is -0.493 e. The molecule has 0 saturated carbocycles. The van der Waals surface area contributed by atoms with Crippen molar-refractivity contribution in [3.63, 3.8) is 0 Å². The maximum atomic E-state index is 5.55. The molecule has 0 aromatic heterocycles. The SMILES string of the molecule is COc1ccc(C23C=CC4(CC2N(C)CC3)NCCS4)cc1OC. The molecule has 1 aromatic carbocycles. The van der Waals surface area contributed by atoms with Crippen LogP contribution in [0.5, 0.6) is 11.5 Å². The second-order valence-electron chi connectivity index (χ2n) is 7.06. The van der Waals surface area contributed by atoms with Gasteiger partial charge in [-0.2, -0.15) is 0 Å². The molecule has 3 atom stereocenters. The van der Waals surface area contributed by atoms with Gasteiger partial charge in [-0.05, 0) is 44.1 Å². The Morgan fingerprint density at radius 2 is 2.04 bits per heavy atom. The van der Waals surface area contributed by atoms with Crippen molar-refractivity contribution in [2.45, 2.75) is 29.2 Å². The summed E-state index contributed by atoms with van der Waals surface area (Å²) in [5, 5.41) is 3.72. The van der Waals surface area contributed by atoms with Crippen molar-refractivity contribution in [2.24, 2.45) is 0 Å². The van der Waals surface area contributed by atoms with E-state index in [1.54, 1.807) is 14.2 Å². The molecule has 5 heteroatoms. The number of nitrogens with zero attached hydrogens (tertiary/aromatic N) is 1. The van der Waals surface area contributed by atoms with E-state index in [-0.39, 0.29) is 10.3 Å². The summed E-state index contributed by atoms with van der Waals surface area (Å²) in [5.41, 5.74) is 1.41. The Kier molecular flexibility index (Phi) is 4.06. The van der Waals surface area contributed by atoms with Gasteiger partial charge in [-0.1, -0.05) is 18.2 Å². The Hall–Kier alpha value is -1.17. The maximum Gasteiger partial charge on any atom is 0.161 e. The third-order valence-corrected chi connectivity index (χ3v) is 7.33. The molecule has 130 valence electrons. The van der Waals surface area contributed by atoms with Crippen molar-refractivity contribution in [3.05, 3.63) is 35.9 Å². The lowest BCUT2D eigenvalue weighted by atomic mass is 9.69. The molecule has 1 aliphatic carbocycles. The quantitative estimate of drug-likeness (QED) is 0.851. The number of fused-ring (bicyclic) bond motifs is 1. The fraction of sp³-hybridized carbons (Fsp3) is 0.579. The second kappa shape index (κ2) is 5.97. The lowest BCUT2D eigenvalue weighted by Crippen LogP contribution is -2.51. The zero-order chi connectivity index (χ0) is 16.8. The third kappa shape index (κ3) is 2.37. The normalized spacial score (nSPS) is 35.4. The van der Waals surface area contributed by atoms with E-state index >= 15 is 0 Å². The molecule has 0 amide bonds. The minimum atomic E-state index is 0.0738. The first-order valence-electron chi connectivity index (χ1n) is 8.65. The summed E-state index contributed by atoms with van der Waals surface area (Å²) in [6.45, 7) is 2.24. The van der Waals surface area contributed by atoms with Crippen LogP contribution in [0, 0.1) is 0 Å². The summed E-state index contributed by atoms with van der Waals surface area (Å²) < 4.78 is 11.0. The highest BCUT2D eigenvalue weighted by Gasteiger charge is 2.52. The Morgan fingerprint density at radius 3 is 2.75 bits per heavy atom. The zero-order valence-electron chi connectivity index (χ0n) is 14.7. The van der Waals surface area contributed by atoms with Crippen LogP contribution in [0.4, 0.5) is 0 Å². The van der Waals surface area contributed by atoms with Crippen molar-refractivity contribution < 1.29 is 9.47 Å². The molecule has 1 aromatic rings. The summed E-state index contributed by atoms with van der Waals surface area (Å²) in [4.78, 5) is 2.66. The molecular weight excluding hydrogens is 320 g/mol. The molecule has 4 nitrogen and oxygen atoms in total.